The zero-order chi connectivity index (χ0) is 47.0. The van der Waals surface area contributed by atoms with Crippen molar-refractivity contribution in [1.82, 2.24) is 0 Å². The van der Waals surface area contributed by atoms with E-state index >= 15 is 0 Å². The summed E-state index contributed by atoms with van der Waals surface area (Å²) in [5, 5.41) is 7.81. The van der Waals surface area contributed by atoms with Crippen LogP contribution in [0.1, 0.15) is 102 Å². The summed E-state index contributed by atoms with van der Waals surface area (Å²) in [7, 11) is 0. The van der Waals surface area contributed by atoms with Gasteiger partial charge in [0.25, 0.3) is 0 Å². The molecule has 70 heavy (non-hydrogen) atoms. The molecule has 12 rings (SSSR count). The summed E-state index contributed by atoms with van der Waals surface area (Å²) < 4.78 is 2.68. The first-order chi connectivity index (χ1) is 33.3. The van der Waals surface area contributed by atoms with Crippen molar-refractivity contribution in [2.75, 3.05) is 6.26 Å². The smallest absolute Gasteiger partial charge is 0.0361 e. The van der Waals surface area contributed by atoms with Crippen molar-refractivity contribution in [1.29, 1.82) is 0 Å². The molecule has 0 amide bonds. The van der Waals surface area contributed by atoms with Crippen LogP contribution in [-0.2, 0) is 39.1 Å². The van der Waals surface area contributed by atoms with Crippen LogP contribution >= 0.6 is 24.0 Å². The van der Waals surface area contributed by atoms with Gasteiger partial charge in [-0.25, -0.2) is 0 Å². The number of fused-ring (bicyclic) bond motifs is 8. The molecule has 1 heterocycles. The van der Waals surface area contributed by atoms with E-state index in [-0.39, 0.29) is 40.1 Å². The second kappa shape index (κ2) is 24.5. The molecule has 0 N–H and O–H groups in total. The van der Waals surface area contributed by atoms with E-state index in [0.29, 0.717) is 5.41 Å². The fraction of sp³-hybridized carbons (Fsp3) is 0.239. The van der Waals surface area contributed by atoms with Crippen LogP contribution in [0.3, 0.4) is 0 Å². The van der Waals surface area contributed by atoms with Gasteiger partial charge in [-0.2, -0.15) is 12.6 Å². The van der Waals surface area contributed by atoms with Crippen LogP contribution in [0, 0.1) is 12.8 Å². The predicted octanol–water partition coefficient (Wildman–Crippen LogP) is 21.0. The Balaban J connectivity index is 0.000000348. The number of allylic oxidation sites excluding steroid dienone is 6. The first-order valence-electron chi connectivity index (χ1n) is 25.1. The largest absolute Gasteiger partial charge is 0.358 e. The van der Waals surface area contributed by atoms with E-state index in [2.05, 4.69) is 222 Å². The molecule has 1 saturated carbocycles. The van der Waals surface area contributed by atoms with E-state index in [0.717, 1.165) is 19.3 Å². The summed E-state index contributed by atoms with van der Waals surface area (Å²) >= 11 is 5.43. The number of thiophene rings is 1. The third kappa shape index (κ3) is 11.9. The van der Waals surface area contributed by atoms with Gasteiger partial charge in [0.05, 0.1) is 0 Å². The van der Waals surface area contributed by atoms with Crippen LogP contribution in [0.2, 0.25) is 0 Å². The molecule has 0 atom stereocenters. The quantitative estimate of drug-likeness (QED) is 0.0958. The molecule has 0 unspecified atom stereocenters. The maximum Gasteiger partial charge on any atom is 0.0361 e. The fourth-order valence-corrected chi connectivity index (χ4v) is 11.6. The molecule has 3 aliphatic carbocycles. The minimum Gasteiger partial charge on any atom is -0.358 e. The molecule has 8 aromatic carbocycles. The second-order valence-electron chi connectivity index (χ2n) is 19.4. The average Bonchev–Trinajstić information content (AvgIpc) is 3.94. The summed E-state index contributed by atoms with van der Waals surface area (Å²) in [6.45, 7) is 9.05. The van der Waals surface area contributed by atoms with Gasteiger partial charge in [0.2, 0.25) is 0 Å². The van der Waals surface area contributed by atoms with Gasteiger partial charge in [0.15, 0.2) is 0 Å². The monoisotopic (exact) mass is 1030 g/mol. The molecule has 3 heteroatoms. The van der Waals surface area contributed by atoms with E-state index in [9.17, 15) is 0 Å². The predicted molar refractivity (Wildman–Crippen MR) is 313 cm³/mol. The summed E-state index contributed by atoms with van der Waals surface area (Å²) in [4.78, 5) is 0. The van der Waals surface area contributed by atoms with Gasteiger partial charge in [-0.05, 0) is 193 Å². The number of hydrogen-bond donors (Lipinski definition) is 1. The Bertz CT molecular complexity index is 3310. The van der Waals surface area contributed by atoms with Crippen molar-refractivity contribution in [2.24, 2.45) is 5.41 Å². The van der Waals surface area contributed by atoms with Crippen molar-refractivity contribution in [3.8, 4) is 44.5 Å². The normalized spacial score (nSPS) is 14.2. The average molecular weight is 1030 g/mol. The number of rotatable bonds is 6. The van der Waals surface area contributed by atoms with Gasteiger partial charge in [-0.1, -0.05) is 180 Å². The molecule has 1 fully saturated rings. The minimum absolute atomic E-state index is 0. The molecule has 0 aliphatic heterocycles. The molecule has 0 bridgehead atoms. The Morgan fingerprint density at radius 1 is 0.500 bits per heavy atom. The molecule has 3 aliphatic rings. The van der Waals surface area contributed by atoms with E-state index in [1.807, 2.05) is 11.3 Å². The third-order valence-corrected chi connectivity index (χ3v) is 15.2. The van der Waals surface area contributed by atoms with E-state index in [1.54, 1.807) is 6.26 Å². The summed E-state index contributed by atoms with van der Waals surface area (Å²) in [6.07, 6.45) is 25.9. The standard InChI is InChI=1S/C51H34S.C8H16.C6H12.CH4S.CH3.Y/c1-2-9-32(10-3-1)44-14-6-7-15-45(44)40-21-20-38-31-51-49(29-43(38)26-40)48-28-42-24-35(17-18-37(42)30-50(48)52-51)33-12-8-13-34(23-33)36-19-22-41-25-39-11-4-5-16-46(39)47(41)27-36;1-8(2)6-4-3-5-7-8;1-3-5-6-4-2;1-2;;/h2,4-24,26-31H,1,3,25H2;3-7H2,1-2H3;5-6H,3-4H2,1-2H3;2H,1H3;1H3;/q;;;;-1;/b;;6-5-;;;. The van der Waals surface area contributed by atoms with Crippen molar-refractivity contribution in [3.05, 3.63) is 206 Å². The molecule has 0 spiro atoms. The second-order valence-corrected chi connectivity index (χ2v) is 20.5. The maximum absolute atomic E-state index is 3.53. The van der Waals surface area contributed by atoms with E-state index < -0.39 is 0 Å². The topological polar surface area (TPSA) is 0 Å². The Kier molecular flexibility index (Phi) is 18.6. The zero-order valence-electron chi connectivity index (χ0n) is 42.3. The summed E-state index contributed by atoms with van der Waals surface area (Å²) in [6, 6.07) is 57.2. The molecule has 0 nitrogen and oxygen atoms in total. The molecule has 0 saturated heterocycles. The summed E-state index contributed by atoms with van der Waals surface area (Å²) in [5.74, 6) is 0. The minimum atomic E-state index is 0. The van der Waals surface area contributed by atoms with Gasteiger partial charge >= 0.3 is 0 Å². The van der Waals surface area contributed by atoms with Gasteiger partial charge in [-0.15, -0.1) is 11.3 Å². The first-order valence-corrected chi connectivity index (χ1v) is 26.8. The third-order valence-electron chi connectivity index (χ3n) is 14.1. The van der Waals surface area contributed by atoms with Crippen LogP contribution in [-0.4, -0.2) is 6.26 Å². The zero-order valence-corrected chi connectivity index (χ0v) is 46.9. The van der Waals surface area contributed by atoms with Crippen LogP contribution in [0.5, 0.6) is 0 Å². The molecule has 353 valence electrons. The van der Waals surface area contributed by atoms with Crippen LogP contribution < -0.4 is 0 Å². The van der Waals surface area contributed by atoms with Crippen molar-refractivity contribution in [2.45, 2.75) is 91.9 Å². The van der Waals surface area contributed by atoms with Gasteiger partial charge in [-0.3, -0.25) is 0 Å². The van der Waals surface area contributed by atoms with Crippen molar-refractivity contribution < 1.29 is 32.7 Å². The Hall–Kier alpha value is -4.83. The van der Waals surface area contributed by atoms with Crippen molar-refractivity contribution >= 4 is 71.3 Å². The van der Waals surface area contributed by atoms with Crippen LogP contribution in [0.25, 0.3) is 91.8 Å². The number of benzene rings is 8. The van der Waals surface area contributed by atoms with Crippen LogP contribution in [0.15, 0.2) is 182 Å². The van der Waals surface area contributed by atoms with Gasteiger partial charge in [0.1, 0.15) is 0 Å². The fourth-order valence-electron chi connectivity index (χ4n) is 10.4. The Morgan fingerprint density at radius 2 is 1.04 bits per heavy atom. The van der Waals surface area contributed by atoms with Gasteiger partial charge < -0.3 is 7.43 Å². The first kappa shape index (κ1) is 53.0. The van der Waals surface area contributed by atoms with Gasteiger partial charge in [0, 0.05) is 52.9 Å². The van der Waals surface area contributed by atoms with E-state index in [1.165, 1.54) is 153 Å². The molecule has 9 aromatic rings. The number of thiol groups is 1. The van der Waals surface area contributed by atoms with E-state index in [4.69, 9.17) is 0 Å². The molecule has 1 radical (unpaired) electrons. The Morgan fingerprint density at radius 3 is 1.64 bits per heavy atom. The van der Waals surface area contributed by atoms with Crippen molar-refractivity contribution in [3.63, 3.8) is 0 Å². The number of hydrogen-bond acceptors (Lipinski definition) is 2. The maximum atomic E-state index is 3.53. The molecular weight excluding hydrogens is 958 g/mol. The SMILES string of the molecule is C1=CC(c2ccccc2-c2ccc3cc4sc5cc6ccc(-c7cccc(-c8ccc9c(c8)-c8ccccc8C9)c7)cc6cc5c4cc3c2)=CCC1.CC/C=C\CC.CC1(C)CCCCC1.CS.[CH3-].[Y]. The molecular formula is C67H69S2Y-. The molecule has 1 aromatic heterocycles. The Labute approximate surface area is 454 Å². The van der Waals surface area contributed by atoms with Crippen LogP contribution in [0.4, 0.5) is 0 Å². The summed E-state index contributed by atoms with van der Waals surface area (Å²) in [5.41, 5.74) is 16.5.